The highest BCUT2D eigenvalue weighted by Gasteiger charge is 2.24. The summed E-state index contributed by atoms with van der Waals surface area (Å²) in [6.07, 6.45) is 3.01. The van der Waals surface area contributed by atoms with Crippen molar-refractivity contribution in [2.75, 3.05) is 32.7 Å². The predicted molar refractivity (Wildman–Crippen MR) is 86.8 cm³/mol. The van der Waals surface area contributed by atoms with Crippen molar-refractivity contribution in [3.05, 3.63) is 21.3 Å². The Morgan fingerprint density at radius 1 is 1.33 bits per heavy atom. The van der Waals surface area contributed by atoms with Crippen LogP contribution >= 0.6 is 22.9 Å². The summed E-state index contributed by atoms with van der Waals surface area (Å²) in [6, 6.07) is 4.45. The summed E-state index contributed by atoms with van der Waals surface area (Å²) in [5, 5.41) is 3.40. The van der Waals surface area contributed by atoms with Gasteiger partial charge in [0.05, 0.1) is 4.34 Å². The summed E-state index contributed by atoms with van der Waals surface area (Å²) in [6.45, 7) is 5.63. The fourth-order valence-electron chi connectivity index (χ4n) is 3.08. The standard InChI is InChI=1S/C15H22ClN3OS/c16-14-4-3-13(21-14)11-18-6-8-19(9-7-18)15(20)10-12-2-1-5-17-12/h3-4,12,17H,1-2,5-11H2. The van der Waals surface area contributed by atoms with Crippen LogP contribution in [0.2, 0.25) is 4.34 Å². The molecule has 4 nitrogen and oxygen atoms in total. The predicted octanol–water partition coefficient (Wildman–Crippen LogP) is 2.19. The van der Waals surface area contributed by atoms with Crippen molar-refractivity contribution in [1.29, 1.82) is 0 Å². The lowest BCUT2D eigenvalue weighted by Crippen LogP contribution is -2.49. The number of amides is 1. The van der Waals surface area contributed by atoms with Gasteiger partial charge in [0.25, 0.3) is 0 Å². The first-order chi connectivity index (χ1) is 10.2. The van der Waals surface area contributed by atoms with Gasteiger partial charge < -0.3 is 10.2 Å². The van der Waals surface area contributed by atoms with Crippen LogP contribution in [0, 0.1) is 0 Å². The molecule has 6 heteroatoms. The van der Waals surface area contributed by atoms with Gasteiger partial charge in [-0.15, -0.1) is 11.3 Å². The molecule has 3 rings (SSSR count). The van der Waals surface area contributed by atoms with Gasteiger partial charge in [0.15, 0.2) is 0 Å². The van der Waals surface area contributed by atoms with Crippen molar-refractivity contribution in [3.63, 3.8) is 0 Å². The summed E-state index contributed by atoms with van der Waals surface area (Å²) in [4.78, 5) is 18.0. The maximum Gasteiger partial charge on any atom is 0.224 e. The van der Waals surface area contributed by atoms with E-state index in [0.29, 0.717) is 18.4 Å². The van der Waals surface area contributed by atoms with E-state index in [9.17, 15) is 4.79 Å². The van der Waals surface area contributed by atoms with E-state index in [0.717, 1.165) is 50.0 Å². The molecule has 2 aliphatic heterocycles. The summed E-state index contributed by atoms with van der Waals surface area (Å²) in [7, 11) is 0. The molecule has 1 aromatic heterocycles. The molecule has 2 aliphatic rings. The molecule has 1 aromatic rings. The molecule has 0 saturated carbocycles. The molecule has 0 aromatic carbocycles. The zero-order valence-corrected chi connectivity index (χ0v) is 13.8. The van der Waals surface area contributed by atoms with Gasteiger partial charge in [0, 0.05) is 50.1 Å². The van der Waals surface area contributed by atoms with E-state index >= 15 is 0 Å². The second-order valence-corrected chi connectivity index (χ2v) is 7.66. The highest BCUT2D eigenvalue weighted by Crippen LogP contribution is 2.23. The summed E-state index contributed by atoms with van der Waals surface area (Å²) < 4.78 is 0.850. The summed E-state index contributed by atoms with van der Waals surface area (Å²) in [5.74, 6) is 0.313. The van der Waals surface area contributed by atoms with Crippen molar-refractivity contribution in [1.82, 2.24) is 15.1 Å². The van der Waals surface area contributed by atoms with Crippen LogP contribution < -0.4 is 5.32 Å². The molecule has 116 valence electrons. The number of carbonyl (C=O) groups is 1. The quantitative estimate of drug-likeness (QED) is 0.920. The molecular weight excluding hydrogens is 306 g/mol. The molecule has 1 amide bonds. The molecule has 0 aliphatic carbocycles. The molecule has 1 unspecified atom stereocenters. The van der Waals surface area contributed by atoms with Crippen LogP contribution in [0.3, 0.4) is 0 Å². The van der Waals surface area contributed by atoms with Crippen LogP contribution in [-0.2, 0) is 11.3 Å². The molecule has 0 bridgehead atoms. The number of nitrogens with zero attached hydrogens (tertiary/aromatic N) is 2. The third-order valence-corrected chi connectivity index (χ3v) is 5.53. The van der Waals surface area contributed by atoms with Gasteiger partial charge in [-0.2, -0.15) is 0 Å². The number of piperazine rings is 1. The van der Waals surface area contributed by atoms with Crippen LogP contribution in [0.5, 0.6) is 0 Å². The number of hydrogen-bond donors (Lipinski definition) is 1. The van der Waals surface area contributed by atoms with Crippen LogP contribution in [0.1, 0.15) is 24.1 Å². The summed E-state index contributed by atoms with van der Waals surface area (Å²) in [5.41, 5.74) is 0. The Morgan fingerprint density at radius 2 is 2.14 bits per heavy atom. The molecule has 1 N–H and O–H groups in total. The van der Waals surface area contributed by atoms with Gasteiger partial charge in [0.1, 0.15) is 0 Å². The Bertz CT molecular complexity index is 479. The first kappa shape index (κ1) is 15.3. The minimum atomic E-state index is 0.313. The molecule has 2 saturated heterocycles. The van der Waals surface area contributed by atoms with E-state index in [2.05, 4.69) is 16.3 Å². The van der Waals surface area contributed by atoms with Gasteiger partial charge in [-0.1, -0.05) is 11.6 Å². The van der Waals surface area contributed by atoms with Gasteiger partial charge in [-0.05, 0) is 31.5 Å². The Morgan fingerprint density at radius 3 is 2.76 bits per heavy atom. The largest absolute Gasteiger partial charge is 0.340 e. The zero-order chi connectivity index (χ0) is 14.7. The van der Waals surface area contributed by atoms with E-state index < -0.39 is 0 Å². The minimum Gasteiger partial charge on any atom is -0.340 e. The smallest absolute Gasteiger partial charge is 0.224 e. The lowest BCUT2D eigenvalue weighted by Gasteiger charge is -2.35. The van der Waals surface area contributed by atoms with Crippen LogP contribution in [0.15, 0.2) is 12.1 Å². The van der Waals surface area contributed by atoms with Gasteiger partial charge >= 0.3 is 0 Å². The topological polar surface area (TPSA) is 35.6 Å². The normalized spacial score (nSPS) is 23.7. The van der Waals surface area contributed by atoms with Gasteiger partial charge in [0.2, 0.25) is 5.91 Å². The third kappa shape index (κ3) is 4.19. The third-order valence-electron chi connectivity index (χ3n) is 4.32. The minimum absolute atomic E-state index is 0.313. The molecule has 0 radical (unpaired) electrons. The van der Waals surface area contributed by atoms with Crippen LogP contribution in [0.4, 0.5) is 0 Å². The SMILES string of the molecule is O=C(CC1CCCN1)N1CCN(Cc2ccc(Cl)s2)CC1. The number of hydrogen-bond acceptors (Lipinski definition) is 4. The number of carbonyl (C=O) groups excluding carboxylic acids is 1. The molecule has 21 heavy (non-hydrogen) atoms. The summed E-state index contributed by atoms with van der Waals surface area (Å²) >= 11 is 7.61. The second-order valence-electron chi connectivity index (χ2n) is 5.86. The highest BCUT2D eigenvalue weighted by atomic mass is 35.5. The maximum absolute atomic E-state index is 12.3. The zero-order valence-electron chi connectivity index (χ0n) is 12.2. The van der Waals surface area contributed by atoms with Crippen molar-refractivity contribution >= 4 is 28.8 Å². The molecule has 0 spiro atoms. The fraction of sp³-hybridized carbons (Fsp3) is 0.667. The lowest BCUT2D eigenvalue weighted by atomic mass is 10.1. The maximum atomic E-state index is 12.3. The van der Waals surface area contributed by atoms with Crippen molar-refractivity contribution < 1.29 is 4.79 Å². The van der Waals surface area contributed by atoms with E-state index in [1.54, 1.807) is 11.3 Å². The first-order valence-electron chi connectivity index (χ1n) is 7.68. The average molecular weight is 328 g/mol. The Kier molecular flexibility index (Phi) is 5.16. The second kappa shape index (κ2) is 7.09. The number of halogens is 1. The number of thiophene rings is 1. The van der Waals surface area contributed by atoms with Crippen molar-refractivity contribution in [2.24, 2.45) is 0 Å². The average Bonchev–Trinajstić information content (AvgIpc) is 3.12. The monoisotopic (exact) mass is 327 g/mol. The lowest BCUT2D eigenvalue weighted by molar-refractivity contribution is -0.133. The molecular formula is C15H22ClN3OS. The van der Waals surface area contributed by atoms with Gasteiger partial charge in [-0.3, -0.25) is 9.69 Å². The van der Waals surface area contributed by atoms with Crippen LogP contribution in [-0.4, -0.2) is 54.5 Å². The van der Waals surface area contributed by atoms with Crippen molar-refractivity contribution in [2.45, 2.75) is 31.8 Å². The Labute approximate surface area is 135 Å². The van der Waals surface area contributed by atoms with E-state index in [-0.39, 0.29) is 0 Å². The van der Waals surface area contributed by atoms with Crippen molar-refractivity contribution in [3.8, 4) is 0 Å². The van der Waals surface area contributed by atoms with E-state index in [1.807, 2.05) is 11.0 Å². The van der Waals surface area contributed by atoms with E-state index in [1.165, 1.54) is 11.3 Å². The Balaban J connectivity index is 1.42. The Hall–Kier alpha value is -0.620. The highest BCUT2D eigenvalue weighted by molar-refractivity contribution is 7.16. The molecule has 1 atom stereocenters. The molecule has 3 heterocycles. The van der Waals surface area contributed by atoms with E-state index in [4.69, 9.17) is 11.6 Å². The number of rotatable bonds is 4. The fourth-order valence-corrected chi connectivity index (χ4v) is 4.21. The molecule has 2 fully saturated rings. The van der Waals surface area contributed by atoms with Crippen LogP contribution in [0.25, 0.3) is 0 Å². The number of nitrogens with one attached hydrogen (secondary N) is 1. The van der Waals surface area contributed by atoms with Gasteiger partial charge in [-0.25, -0.2) is 0 Å². The first-order valence-corrected chi connectivity index (χ1v) is 8.88.